The molecule has 0 spiro atoms. The highest BCUT2D eigenvalue weighted by atomic mass is 16.1. The molecule has 6 heteroatoms. The first-order valence-electron chi connectivity index (χ1n) is 6.10. The van der Waals surface area contributed by atoms with Gasteiger partial charge in [0.05, 0.1) is 5.56 Å². The number of H-pyrrole nitrogens is 1. The number of rotatable bonds is 4. The van der Waals surface area contributed by atoms with Crippen LogP contribution in [-0.2, 0) is 6.42 Å². The maximum atomic E-state index is 12.0. The Labute approximate surface area is 111 Å². The van der Waals surface area contributed by atoms with Crippen LogP contribution in [0.2, 0.25) is 0 Å². The standard InChI is InChI=1S/C13H17N5O/c1-2-3-9-7-12(18-17-9)16-13(19)10-5-4-8(14)6-11(10)15/h4-7H,2-3,14-15H2,1H3,(H2,16,17,18,19). The number of nitrogens with zero attached hydrogens (tertiary/aromatic N) is 1. The number of amides is 1. The van der Waals surface area contributed by atoms with Crippen molar-refractivity contribution in [1.29, 1.82) is 0 Å². The lowest BCUT2D eigenvalue weighted by atomic mass is 10.1. The van der Waals surface area contributed by atoms with Gasteiger partial charge in [0.1, 0.15) is 0 Å². The predicted octanol–water partition coefficient (Wildman–Crippen LogP) is 1.78. The van der Waals surface area contributed by atoms with Gasteiger partial charge in [-0.25, -0.2) is 0 Å². The van der Waals surface area contributed by atoms with E-state index in [9.17, 15) is 4.79 Å². The van der Waals surface area contributed by atoms with Gasteiger partial charge in [-0.15, -0.1) is 0 Å². The first-order chi connectivity index (χ1) is 9.10. The molecular weight excluding hydrogens is 242 g/mol. The van der Waals surface area contributed by atoms with Crippen molar-refractivity contribution in [2.24, 2.45) is 0 Å². The molecule has 0 aliphatic carbocycles. The third-order valence-electron chi connectivity index (χ3n) is 2.71. The number of aromatic amines is 1. The molecule has 2 rings (SSSR count). The van der Waals surface area contributed by atoms with Crippen LogP contribution in [0.3, 0.4) is 0 Å². The van der Waals surface area contributed by atoms with Crippen LogP contribution >= 0.6 is 0 Å². The number of benzene rings is 1. The summed E-state index contributed by atoms with van der Waals surface area (Å²) >= 11 is 0. The summed E-state index contributed by atoms with van der Waals surface area (Å²) in [4.78, 5) is 12.0. The molecule has 6 N–H and O–H groups in total. The molecular formula is C13H17N5O. The van der Waals surface area contributed by atoms with Crippen LogP contribution in [0.25, 0.3) is 0 Å². The first kappa shape index (κ1) is 12.9. The third kappa shape index (κ3) is 3.04. The maximum absolute atomic E-state index is 12.0. The first-order valence-corrected chi connectivity index (χ1v) is 6.10. The number of nitrogens with two attached hydrogens (primary N) is 2. The summed E-state index contributed by atoms with van der Waals surface area (Å²) in [5.74, 6) is 0.191. The van der Waals surface area contributed by atoms with Gasteiger partial charge in [0.2, 0.25) is 0 Å². The molecule has 100 valence electrons. The van der Waals surface area contributed by atoms with Gasteiger partial charge in [-0.3, -0.25) is 9.89 Å². The lowest BCUT2D eigenvalue weighted by Crippen LogP contribution is -2.14. The third-order valence-corrected chi connectivity index (χ3v) is 2.71. The highest BCUT2D eigenvalue weighted by Crippen LogP contribution is 2.17. The minimum atomic E-state index is -0.299. The molecule has 2 aromatic rings. The van der Waals surface area contributed by atoms with E-state index < -0.39 is 0 Å². The molecule has 0 radical (unpaired) electrons. The van der Waals surface area contributed by atoms with Crippen LogP contribution < -0.4 is 16.8 Å². The van der Waals surface area contributed by atoms with E-state index in [-0.39, 0.29) is 5.91 Å². The molecule has 1 amide bonds. The fourth-order valence-electron chi connectivity index (χ4n) is 1.79. The van der Waals surface area contributed by atoms with E-state index in [1.165, 1.54) is 0 Å². The SMILES string of the molecule is CCCc1cc(NC(=O)c2ccc(N)cc2N)n[nH]1. The van der Waals surface area contributed by atoms with E-state index in [4.69, 9.17) is 11.5 Å². The summed E-state index contributed by atoms with van der Waals surface area (Å²) in [6, 6.07) is 6.61. The number of anilines is 3. The van der Waals surface area contributed by atoms with Crippen molar-refractivity contribution in [1.82, 2.24) is 10.2 Å². The normalized spacial score (nSPS) is 10.4. The molecule has 0 fully saturated rings. The maximum Gasteiger partial charge on any atom is 0.258 e. The molecule has 6 nitrogen and oxygen atoms in total. The molecule has 0 aliphatic rings. The second-order valence-corrected chi connectivity index (χ2v) is 4.33. The summed E-state index contributed by atoms with van der Waals surface area (Å²) in [5, 5.41) is 9.59. The second kappa shape index (κ2) is 5.43. The van der Waals surface area contributed by atoms with Crippen LogP contribution in [0.15, 0.2) is 24.3 Å². The number of hydrogen-bond acceptors (Lipinski definition) is 4. The number of aromatic nitrogens is 2. The van der Waals surface area contributed by atoms with Crippen LogP contribution in [0.1, 0.15) is 29.4 Å². The highest BCUT2D eigenvalue weighted by molar-refractivity contribution is 6.07. The minimum Gasteiger partial charge on any atom is -0.399 e. The zero-order chi connectivity index (χ0) is 13.8. The van der Waals surface area contributed by atoms with Gasteiger partial charge in [0.25, 0.3) is 5.91 Å². The van der Waals surface area contributed by atoms with Crippen LogP contribution in [0, 0.1) is 0 Å². The molecule has 0 unspecified atom stereocenters. The van der Waals surface area contributed by atoms with Gasteiger partial charge in [-0.2, -0.15) is 5.10 Å². The number of carbonyl (C=O) groups excluding carboxylic acids is 1. The Morgan fingerprint density at radius 3 is 2.84 bits per heavy atom. The lowest BCUT2D eigenvalue weighted by Gasteiger charge is -2.05. The lowest BCUT2D eigenvalue weighted by molar-refractivity contribution is 0.102. The second-order valence-electron chi connectivity index (χ2n) is 4.33. The van der Waals surface area contributed by atoms with E-state index in [1.807, 2.05) is 6.07 Å². The van der Waals surface area contributed by atoms with Crippen LogP contribution in [-0.4, -0.2) is 16.1 Å². The van der Waals surface area contributed by atoms with Gasteiger partial charge in [0.15, 0.2) is 5.82 Å². The fourth-order valence-corrected chi connectivity index (χ4v) is 1.79. The number of nitrogens with one attached hydrogen (secondary N) is 2. The summed E-state index contributed by atoms with van der Waals surface area (Å²) in [5.41, 5.74) is 13.6. The molecule has 1 aromatic heterocycles. The molecule has 0 atom stereocenters. The Kier molecular flexibility index (Phi) is 3.70. The fraction of sp³-hybridized carbons (Fsp3) is 0.231. The van der Waals surface area contributed by atoms with Crippen molar-refractivity contribution in [2.45, 2.75) is 19.8 Å². The molecule has 1 heterocycles. The Balaban J connectivity index is 2.11. The highest BCUT2D eigenvalue weighted by Gasteiger charge is 2.11. The van der Waals surface area contributed by atoms with Gasteiger partial charge < -0.3 is 16.8 Å². The quantitative estimate of drug-likeness (QED) is 0.627. The molecule has 0 bridgehead atoms. The van der Waals surface area contributed by atoms with E-state index in [0.717, 1.165) is 18.5 Å². The van der Waals surface area contributed by atoms with Crippen molar-refractivity contribution >= 4 is 23.1 Å². The molecule has 1 aromatic carbocycles. The van der Waals surface area contributed by atoms with Gasteiger partial charge in [-0.05, 0) is 24.6 Å². The van der Waals surface area contributed by atoms with Crippen molar-refractivity contribution in [3.8, 4) is 0 Å². The zero-order valence-electron chi connectivity index (χ0n) is 10.7. The molecule has 19 heavy (non-hydrogen) atoms. The van der Waals surface area contributed by atoms with E-state index in [0.29, 0.717) is 22.8 Å². The average molecular weight is 259 g/mol. The number of nitrogen functional groups attached to an aromatic ring is 2. The summed E-state index contributed by atoms with van der Waals surface area (Å²) < 4.78 is 0. The Morgan fingerprint density at radius 2 is 2.16 bits per heavy atom. The topological polar surface area (TPSA) is 110 Å². The Morgan fingerprint density at radius 1 is 1.37 bits per heavy atom. The number of aryl methyl sites for hydroxylation is 1. The van der Waals surface area contributed by atoms with E-state index >= 15 is 0 Å². The van der Waals surface area contributed by atoms with E-state index in [1.54, 1.807) is 18.2 Å². The molecule has 0 saturated carbocycles. The summed E-state index contributed by atoms with van der Waals surface area (Å²) in [7, 11) is 0. The van der Waals surface area contributed by atoms with Crippen LogP contribution in [0.4, 0.5) is 17.2 Å². The van der Waals surface area contributed by atoms with Crippen molar-refractivity contribution in [3.63, 3.8) is 0 Å². The Bertz CT molecular complexity index is 590. The van der Waals surface area contributed by atoms with Gasteiger partial charge in [0, 0.05) is 23.1 Å². The van der Waals surface area contributed by atoms with Crippen molar-refractivity contribution < 1.29 is 4.79 Å². The summed E-state index contributed by atoms with van der Waals surface area (Å²) in [6.07, 6.45) is 1.91. The predicted molar refractivity (Wildman–Crippen MR) is 75.8 cm³/mol. The van der Waals surface area contributed by atoms with Crippen LogP contribution in [0.5, 0.6) is 0 Å². The molecule has 0 aliphatic heterocycles. The number of hydrogen-bond donors (Lipinski definition) is 4. The van der Waals surface area contributed by atoms with Crippen molar-refractivity contribution in [3.05, 3.63) is 35.5 Å². The Hall–Kier alpha value is -2.50. The number of carbonyl (C=O) groups is 1. The zero-order valence-corrected chi connectivity index (χ0v) is 10.7. The summed E-state index contributed by atoms with van der Waals surface area (Å²) in [6.45, 7) is 2.08. The van der Waals surface area contributed by atoms with Gasteiger partial charge >= 0.3 is 0 Å². The monoisotopic (exact) mass is 259 g/mol. The smallest absolute Gasteiger partial charge is 0.258 e. The van der Waals surface area contributed by atoms with Gasteiger partial charge in [-0.1, -0.05) is 13.3 Å². The molecule has 0 saturated heterocycles. The van der Waals surface area contributed by atoms with E-state index in [2.05, 4.69) is 22.4 Å². The average Bonchev–Trinajstić information content (AvgIpc) is 2.76. The largest absolute Gasteiger partial charge is 0.399 e. The van der Waals surface area contributed by atoms with Crippen molar-refractivity contribution in [2.75, 3.05) is 16.8 Å². The minimum absolute atomic E-state index is 0.299.